The number of amides is 1. The maximum Gasteiger partial charge on any atom is 0.417 e. The smallest absolute Gasteiger partial charge is 0.384 e. The first-order valence-electron chi connectivity index (χ1n) is 11.7. The monoisotopic (exact) mass is 561 g/mol. The molecule has 9 nitrogen and oxygen atoms in total. The van der Waals surface area contributed by atoms with E-state index in [9.17, 15) is 26.4 Å². The van der Waals surface area contributed by atoms with E-state index in [0.29, 0.717) is 45.7 Å². The average molecular weight is 562 g/mol. The van der Waals surface area contributed by atoms with Crippen molar-refractivity contribution in [2.45, 2.75) is 32.0 Å². The van der Waals surface area contributed by atoms with Crippen LogP contribution < -0.4 is 4.90 Å². The highest BCUT2D eigenvalue weighted by atomic mass is 32.2. The SMILES string of the molecule is COCCS(=O)(=O)N1CCN(CCCN2C(=S)N(c3ccc(C#N)c(C(F)(F)F)c3)C(=O)C2(C)C)CC1. The van der Waals surface area contributed by atoms with Crippen LogP contribution in [0.25, 0.3) is 0 Å². The number of ether oxygens (including phenoxy) is 1. The fraction of sp³-hybridized carbons (Fsp3) is 0.609. The summed E-state index contributed by atoms with van der Waals surface area (Å²) in [7, 11) is -1.90. The molecule has 2 aliphatic rings. The Morgan fingerprint density at radius 2 is 1.81 bits per heavy atom. The molecule has 0 N–H and O–H groups in total. The summed E-state index contributed by atoms with van der Waals surface area (Å²) in [6, 6.07) is 4.64. The maximum atomic E-state index is 13.5. The molecule has 0 aliphatic carbocycles. The molecule has 37 heavy (non-hydrogen) atoms. The number of thiocarbonyl (C=S) groups is 1. The van der Waals surface area contributed by atoms with Crippen molar-refractivity contribution in [2.75, 3.05) is 63.6 Å². The van der Waals surface area contributed by atoms with Gasteiger partial charge in [0.25, 0.3) is 5.91 Å². The summed E-state index contributed by atoms with van der Waals surface area (Å²) in [5, 5.41) is 9.15. The first kappa shape index (κ1) is 29.2. The van der Waals surface area contributed by atoms with Crippen LogP contribution in [0, 0.1) is 11.3 Å². The standard InChI is InChI=1S/C23H30F3N5O4S2/c1-22(2)20(32)31(18-6-5-17(16-27)19(15-18)23(24,25)26)21(36)30(22)8-4-7-28-9-11-29(12-10-28)37(33,34)14-13-35-3/h5-6,15H,4,7-14H2,1-3H3. The Hall–Kier alpha value is -2.31. The van der Waals surface area contributed by atoms with E-state index >= 15 is 0 Å². The molecule has 2 aliphatic heterocycles. The minimum Gasteiger partial charge on any atom is -0.384 e. The number of nitriles is 1. The first-order chi connectivity index (χ1) is 17.2. The molecular formula is C23H30F3N5O4S2. The number of hydrogen-bond donors (Lipinski definition) is 0. The number of rotatable bonds is 9. The van der Waals surface area contributed by atoms with Crippen molar-refractivity contribution in [3.8, 4) is 6.07 Å². The van der Waals surface area contributed by atoms with Gasteiger partial charge in [0.2, 0.25) is 10.0 Å². The molecule has 0 bridgehead atoms. The van der Waals surface area contributed by atoms with E-state index in [1.807, 2.05) is 0 Å². The normalized spacial score (nSPS) is 19.5. The topological polar surface area (TPSA) is 97.2 Å². The Kier molecular flexibility index (Phi) is 8.86. The van der Waals surface area contributed by atoms with Gasteiger partial charge in [0, 0.05) is 39.8 Å². The van der Waals surface area contributed by atoms with E-state index < -0.39 is 38.8 Å². The van der Waals surface area contributed by atoms with Crippen molar-refractivity contribution in [1.29, 1.82) is 5.26 Å². The Morgan fingerprint density at radius 1 is 1.16 bits per heavy atom. The molecular weight excluding hydrogens is 531 g/mol. The molecule has 0 spiro atoms. The highest BCUT2D eigenvalue weighted by molar-refractivity contribution is 7.89. The number of sulfonamides is 1. The number of hydrogen-bond acceptors (Lipinski definition) is 7. The molecule has 2 saturated heterocycles. The number of halogens is 3. The number of anilines is 1. The number of carbonyl (C=O) groups excluding carboxylic acids is 1. The van der Waals surface area contributed by atoms with Crippen molar-refractivity contribution in [2.24, 2.45) is 0 Å². The van der Waals surface area contributed by atoms with E-state index in [0.717, 1.165) is 17.0 Å². The second-order valence-corrected chi connectivity index (χ2v) is 11.8. The summed E-state index contributed by atoms with van der Waals surface area (Å²) in [4.78, 5) is 18.1. The molecule has 0 atom stereocenters. The number of carbonyl (C=O) groups is 1. The summed E-state index contributed by atoms with van der Waals surface area (Å²) in [5.74, 6) is -0.510. The van der Waals surface area contributed by atoms with Crippen LogP contribution in [-0.2, 0) is 25.7 Å². The zero-order valence-electron chi connectivity index (χ0n) is 20.9. The maximum absolute atomic E-state index is 13.5. The quantitative estimate of drug-likeness (QED) is 0.424. The van der Waals surface area contributed by atoms with Crippen molar-refractivity contribution in [1.82, 2.24) is 14.1 Å². The summed E-state index contributed by atoms with van der Waals surface area (Å²) < 4.78 is 71.4. The molecule has 0 saturated carbocycles. The summed E-state index contributed by atoms with van der Waals surface area (Å²) in [6.07, 6.45) is -4.14. The lowest BCUT2D eigenvalue weighted by Crippen LogP contribution is -2.50. The van der Waals surface area contributed by atoms with Gasteiger partial charge in [-0.3, -0.25) is 9.69 Å². The largest absolute Gasteiger partial charge is 0.417 e. The second-order valence-electron chi connectivity index (χ2n) is 9.38. The molecule has 204 valence electrons. The Balaban J connectivity index is 1.64. The van der Waals surface area contributed by atoms with Crippen molar-refractivity contribution >= 4 is 38.9 Å². The van der Waals surface area contributed by atoms with E-state index in [4.69, 9.17) is 22.2 Å². The fourth-order valence-electron chi connectivity index (χ4n) is 4.44. The number of piperazine rings is 1. The van der Waals surface area contributed by atoms with Gasteiger partial charge in [-0.2, -0.15) is 22.7 Å². The van der Waals surface area contributed by atoms with E-state index in [2.05, 4.69) is 4.90 Å². The Morgan fingerprint density at radius 3 is 2.38 bits per heavy atom. The molecule has 1 aromatic carbocycles. The molecule has 3 rings (SSSR count). The first-order valence-corrected chi connectivity index (χ1v) is 13.7. The third kappa shape index (κ3) is 6.23. The Labute approximate surface area is 220 Å². The van der Waals surface area contributed by atoms with Gasteiger partial charge in [-0.05, 0) is 57.2 Å². The lowest BCUT2D eigenvalue weighted by atomic mass is 10.0. The van der Waals surface area contributed by atoms with Crippen LogP contribution >= 0.6 is 12.2 Å². The van der Waals surface area contributed by atoms with Crippen LogP contribution in [0.5, 0.6) is 0 Å². The van der Waals surface area contributed by atoms with Crippen LogP contribution in [0.3, 0.4) is 0 Å². The van der Waals surface area contributed by atoms with Gasteiger partial charge >= 0.3 is 6.18 Å². The van der Waals surface area contributed by atoms with Crippen molar-refractivity contribution in [3.05, 3.63) is 29.3 Å². The zero-order chi connectivity index (χ0) is 27.6. The molecule has 0 radical (unpaired) electrons. The van der Waals surface area contributed by atoms with Crippen molar-refractivity contribution < 1.29 is 31.1 Å². The minimum atomic E-state index is -4.76. The average Bonchev–Trinajstić information content (AvgIpc) is 3.01. The van der Waals surface area contributed by atoms with Gasteiger partial charge in [-0.15, -0.1) is 0 Å². The number of methoxy groups -OCH3 is 1. The van der Waals surface area contributed by atoms with Gasteiger partial charge in [0.05, 0.1) is 35.2 Å². The van der Waals surface area contributed by atoms with Gasteiger partial charge in [0.1, 0.15) is 5.54 Å². The summed E-state index contributed by atoms with van der Waals surface area (Å²) in [6.45, 7) is 6.40. The lowest BCUT2D eigenvalue weighted by Gasteiger charge is -2.35. The van der Waals surface area contributed by atoms with Crippen LogP contribution in [0.15, 0.2) is 18.2 Å². The van der Waals surface area contributed by atoms with Crippen LogP contribution in [0.2, 0.25) is 0 Å². The zero-order valence-corrected chi connectivity index (χ0v) is 22.5. The predicted octanol–water partition coefficient (Wildman–Crippen LogP) is 2.27. The van der Waals surface area contributed by atoms with Crippen LogP contribution in [0.1, 0.15) is 31.4 Å². The number of benzene rings is 1. The molecule has 1 aromatic rings. The summed E-state index contributed by atoms with van der Waals surface area (Å²) in [5.41, 5.74) is -2.76. The third-order valence-electron chi connectivity index (χ3n) is 6.64. The highest BCUT2D eigenvalue weighted by Gasteiger charge is 2.49. The van der Waals surface area contributed by atoms with E-state index in [1.54, 1.807) is 18.7 Å². The van der Waals surface area contributed by atoms with Gasteiger partial charge in [-0.25, -0.2) is 8.42 Å². The van der Waals surface area contributed by atoms with Gasteiger partial charge in [0.15, 0.2) is 5.11 Å². The molecule has 0 unspecified atom stereocenters. The van der Waals surface area contributed by atoms with E-state index in [1.165, 1.54) is 23.6 Å². The van der Waals surface area contributed by atoms with E-state index in [-0.39, 0.29) is 23.2 Å². The summed E-state index contributed by atoms with van der Waals surface area (Å²) >= 11 is 5.52. The van der Waals surface area contributed by atoms with Crippen LogP contribution in [-0.4, -0.2) is 97.8 Å². The minimum absolute atomic E-state index is 0.0392. The number of alkyl halides is 3. The Bertz CT molecular complexity index is 1180. The number of nitrogens with zero attached hydrogens (tertiary/aromatic N) is 5. The predicted molar refractivity (Wildman–Crippen MR) is 135 cm³/mol. The van der Waals surface area contributed by atoms with Gasteiger partial charge in [-0.1, -0.05) is 0 Å². The third-order valence-corrected chi connectivity index (χ3v) is 8.87. The van der Waals surface area contributed by atoms with Crippen LogP contribution in [0.4, 0.5) is 18.9 Å². The molecule has 0 aromatic heterocycles. The highest BCUT2D eigenvalue weighted by Crippen LogP contribution is 2.37. The fourth-order valence-corrected chi connectivity index (χ4v) is 6.31. The molecule has 1 amide bonds. The second kappa shape index (κ2) is 11.2. The molecule has 14 heteroatoms. The van der Waals surface area contributed by atoms with Crippen molar-refractivity contribution in [3.63, 3.8) is 0 Å². The molecule has 2 fully saturated rings. The molecule has 2 heterocycles. The lowest BCUT2D eigenvalue weighted by molar-refractivity contribution is -0.137. The van der Waals surface area contributed by atoms with Gasteiger partial charge < -0.3 is 14.5 Å².